The van der Waals surface area contributed by atoms with E-state index >= 15 is 0 Å². The second kappa shape index (κ2) is 3.76. The molecule has 1 atom stereocenters. The Morgan fingerprint density at radius 2 is 2.58 bits per heavy atom. The summed E-state index contributed by atoms with van der Waals surface area (Å²) < 4.78 is 0.739. The molecule has 0 spiro atoms. The maximum atomic E-state index is 4.93. The third-order valence-corrected chi connectivity index (χ3v) is 3.88. The van der Waals surface area contributed by atoms with Crippen molar-refractivity contribution in [3.05, 3.63) is 3.95 Å². The number of rotatable bonds is 2. The number of nitrogens with one attached hydrogen (secondary N) is 2. The third kappa shape index (κ3) is 1.99. The Balaban J connectivity index is 1.98. The van der Waals surface area contributed by atoms with E-state index in [9.17, 15) is 0 Å². The van der Waals surface area contributed by atoms with Crippen LogP contribution in [0.1, 0.15) is 6.42 Å². The van der Waals surface area contributed by atoms with Crippen molar-refractivity contribution in [3.63, 3.8) is 0 Å². The van der Waals surface area contributed by atoms with Gasteiger partial charge in [0.05, 0.1) is 0 Å². The standard InChI is InChI=1S/C6H9N3S3/c10-6-9-8-5(12-6)7-4-1-2-11-3-4/h4H,1-3H2,(H,7,8)(H,9,10). The molecule has 2 rings (SSSR count). The largest absolute Gasteiger partial charge is 0.357 e. The summed E-state index contributed by atoms with van der Waals surface area (Å²) in [6.45, 7) is 0. The van der Waals surface area contributed by atoms with E-state index in [2.05, 4.69) is 15.5 Å². The second-order valence-electron chi connectivity index (χ2n) is 2.62. The molecular formula is C6H9N3S3. The molecule has 1 aromatic rings. The first kappa shape index (κ1) is 8.52. The summed E-state index contributed by atoms with van der Waals surface area (Å²) in [6.07, 6.45) is 1.23. The quantitative estimate of drug-likeness (QED) is 0.748. The fourth-order valence-corrected chi connectivity index (χ4v) is 3.13. The van der Waals surface area contributed by atoms with Gasteiger partial charge in [-0.25, -0.2) is 0 Å². The van der Waals surface area contributed by atoms with Gasteiger partial charge in [0.25, 0.3) is 0 Å². The molecule has 66 valence electrons. The second-order valence-corrected chi connectivity index (χ2v) is 5.44. The van der Waals surface area contributed by atoms with Gasteiger partial charge < -0.3 is 5.32 Å². The fraction of sp³-hybridized carbons (Fsp3) is 0.667. The van der Waals surface area contributed by atoms with E-state index in [0.29, 0.717) is 6.04 Å². The summed E-state index contributed by atoms with van der Waals surface area (Å²) in [5.74, 6) is 2.44. The van der Waals surface area contributed by atoms with Crippen LogP contribution in [0.25, 0.3) is 0 Å². The molecule has 1 unspecified atom stereocenters. The smallest absolute Gasteiger partial charge is 0.204 e. The summed E-state index contributed by atoms with van der Waals surface area (Å²) >= 11 is 8.42. The van der Waals surface area contributed by atoms with Gasteiger partial charge >= 0.3 is 0 Å². The van der Waals surface area contributed by atoms with Gasteiger partial charge in [-0.05, 0) is 24.4 Å². The molecule has 12 heavy (non-hydrogen) atoms. The van der Waals surface area contributed by atoms with Crippen molar-refractivity contribution in [3.8, 4) is 0 Å². The monoisotopic (exact) mass is 219 g/mol. The van der Waals surface area contributed by atoms with Crippen LogP contribution in [0.3, 0.4) is 0 Å². The van der Waals surface area contributed by atoms with E-state index in [1.807, 2.05) is 11.8 Å². The van der Waals surface area contributed by atoms with Crippen LogP contribution >= 0.6 is 35.3 Å². The van der Waals surface area contributed by atoms with Crippen LogP contribution < -0.4 is 5.32 Å². The van der Waals surface area contributed by atoms with Gasteiger partial charge in [-0.1, -0.05) is 11.3 Å². The Bertz CT molecular complexity index is 299. The van der Waals surface area contributed by atoms with E-state index in [1.165, 1.54) is 29.3 Å². The lowest BCUT2D eigenvalue weighted by Gasteiger charge is -2.07. The molecule has 1 aliphatic heterocycles. The van der Waals surface area contributed by atoms with Crippen molar-refractivity contribution in [2.24, 2.45) is 0 Å². The number of H-pyrrole nitrogens is 1. The Hall–Kier alpha value is -0.0700. The number of hydrogen-bond acceptors (Lipinski definition) is 5. The highest BCUT2D eigenvalue weighted by atomic mass is 32.2. The SMILES string of the molecule is S=c1[nH]nc(NC2CCSC2)s1. The number of aromatic amines is 1. The van der Waals surface area contributed by atoms with Crippen molar-refractivity contribution in [2.45, 2.75) is 12.5 Å². The number of aromatic nitrogens is 2. The minimum atomic E-state index is 0.587. The summed E-state index contributed by atoms with van der Waals surface area (Å²) in [7, 11) is 0. The minimum absolute atomic E-state index is 0.587. The Morgan fingerprint density at radius 1 is 1.67 bits per heavy atom. The number of nitrogens with zero attached hydrogens (tertiary/aromatic N) is 1. The molecule has 1 fully saturated rings. The first-order valence-corrected chi connectivity index (χ1v) is 6.12. The van der Waals surface area contributed by atoms with Gasteiger partial charge in [0, 0.05) is 11.8 Å². The maximum Gasteiger partial charge on any atom is 0.204 e. The molecule has 0 radical (unpaired) electrons. The van der Waals surface area contributed by atoms with E-state index in [4.69, 9.17) is 12.2 Å². The summed E-state index contributed by atoms with van der Waals surface area (Å²) in [4.78, 5) is 0. The van der Waals surface area contributed by atoms with E-state index in [1.54, 1.807) is 0 Å². The molecule has 0 bridgehead atoms. The first-order valence-electron chi connectivity index (χ1n) is 3.74. The molecule has 0 amide bonds. The van der Waals surface area contributed by atoms with Gasteiger partial charge in [0.15, 0.2) is 3.95 Å². The lowest BCUT2D eigenvalue weighted by Crippen LogP contribution is -2.17. The van der Waals surface area contributed by atoms with Gasteiger partial charge in [-0.3, -0.25) is 5.10 Å². The van der Waals surface area contributed by atoms with Gasteiger partial charge in [0.2, 0.25) is 5.13 Å². The topological polar surface area (TPSA) is 40.7 Å². The van der Waals surface area contributed by atoms with Gasteiger partial charge in [0.1, 0.15) is 0 Å². The van der Waals surface area contributed by atoms with Crippen LogP contribution in [0.5, 0.6) is 0 Å². The Labute approximate surface area is 84.0 Å². The Kier molecular flexibility index (Phi) is 2.67. The summed E-state index contributed by atoms with van der Waals surface area (Å²) in [5, 5.41) is 11.1. The predicted molar refractivity (Wildman–Crippen MR) is 56.7 cm³/mol. The molecule has 0 aliphatic carbocycles. The lowest BCUT2D eigenvalue weighted by molar-refractivity contribution is 0.807. The highest BCUT2D eigenvalue weighted by Gasteiger charge is 2.15. The predicted octanol–water partition coefficient (Wildman–Crippen LogP) is 2.12. The van der Waals surface area contributed by atoms with Crippen molar-refractivity contribution < 1.29 is 0 Å². The normalized spacial score (nSPS) is 22.8. The van der Waals surface area contributed by atoms with Crippen LogP contribution in [-0.4, -0.2) is 27.7 Å². The Morgan fingerprint density at radius 3 is 3.17 bits per heavy atom. The highest BCUT2D eigenvalue weighted by Crippen LogP contribution is 2.22. The summed E-state index contributed by atoms with van der Waals surface area (Å²) in [6, 6.07) is 0.587. The molecular weight excluding hydrogens is 210 g/mol. The number of anilines is 1. The molecule has 1 aromatic heterocycles. The van der Waals surface area contributed by atoms with E-state index in [0.717, 1.165) is 9.09 Å². The van der Waals surface area contributed by atoms with Crippen molar-refractivity contribution >= 4 is 40.4 Å². The molecule has 0 aromatic carbocycles. The summed E-state index contributed by atoms with van der Waals surface area (Å²) in [5.41, 5.74) is 0. The number of hydrogen-bond donors (Lipinski definition) is 2. The van der Waals surface area contributed by atoms with Crippen molar-refractivity contribution in [1.82, 2.24) is 10.2 Å². The molecule has 3 nitrogen and oxygen atoms in total. The van der Waals surface area contributed by atoms with Crippen LogP contribution in [0, 0.1) is 3.95 Å². The van der Waals surface area contributed by atoms with Crippen LogP contribution in [0.15, 0.2) is 0 Å². The lowest BCUT2D eigenvalue weighted by atomic mass is 10.3. The average Bonchev–Trinajstić information content (AvgIpc) is 2.63. The highest BCUT2D eigenvalue weighted by molar-refractivity contribution is 7.99. The van der Waals surface area contributed by atoms with Crippen molar-refractivity contribution in [1.29, 1.82) is 0 Å². The van der Waals surface area contributed by atoms with E-state index in [-0.39, 0.29) is 0 Å². The molecule has 2 N–H and O–H groups in total. The molecule has 1 saturated heterocycles. The van der Waals surface area contributed by atoms with E-state index < -0.39 is 0 Å². The minimum Gasteiger partial charge on any atom is -0.357 e. The molecule has 0 saturated carbocycles. The third-order valence-electron chi connectivity index (χ3n) is 1.70. The fourth-order valence-electron chi connectivity index (χ4n) is 1.11. The van der Waals surface area contributed by atoms with Crippen molar-refractivity contribution in [2.75, 3.05) is 16.8 Å². The molecule has 2 heterocycles. The van der Waals surface area contributed by atoms with Crippen LogP contribution in [0.4, 0.5) is 5.13 Å². The van der Waals surface area contributed by atoms with Crippen LogP contribution in [0.2, 0.25) is 0 Å². The first-order chi connectivity index (χ1) is 5.84. The molecule has 6 heteroatoms. The number of thioether (sulfide) groups is 1. The van der Waals surface area contributed by atoms with Gasteiger partial charge in [-0.15, -0.1) is 5.10 Å². The zero-order valence-corrected chi connectivity index (χ0v) is 8.82. The maximum absolute atomic E-state index is 4.93. The molecule has 1 aliphatic rings. The van der Waals surface area contributed by atoms with Crippen LogP contribution in [-0.2, 0) is 0 Å². The zero-order valence-electron chi connectivity index (χ0n) is 6.37. The van der Waals surface area contributed by atoms with Gasteiger partial charge in [-0.2, -0.15) is 11.8 Å². The average molecular weight is 219 g/mol. The zero-order chi connectivity index (χ0) is 8.39.